The molecule has 160 valence electrons. The molecule has 8 nitrogen and oxygen atoms in total. The Hall–Kier alpha value is -2.87. The van der Waals surface area contributed by atoms with Crippen LogP contribution >= 0.6 is 0 Å². The van der Waals surface area contributed by atoms with E-state index in [1.165, 1.54) is 0 Å². The third-order valence-electron chi connectivity index (χ3n) is 5.61. The molecule has 30 heavy (non-hydrogen) atoms. The van der Waals surface area contributed by atoms with Gasteiger partial charge in [-0.2, -0.15) is 5.10 Å². The third-order valence-corrected chi connectivity index (χ3v) is 5.61. The molecule has 4 rings (SSSR count). The number of amides is 2. The molecule has 0 bridgehead atoms. The molecular formula is C22H28N4O4. The molecule has 0 aliphatic carbocycles. The van der Waals surface area contributed by atoms with Crippen LogP contribution in [0.25, 0.3) is 0 Å². The maximum absolute atomic E-state index is 12.5. The summed E-state index contributed by atoms with van der Waals surface area (Å²) in [4.78, 5) is 26.7. The van der Waals surface area contributed by atoms with Crippen LogP contribution in [0.15, 0.2) is 42.6 Å². The van der Waals surface area contributed by atoms with Gasteiger partial charge in [0.25, 0.3) is 5.91 Å². The van der Waals surface area contributed by atoms with E-state index in [9.17, 15) is 9.59 Å². The summed E-state index contributed by atoms with van der Waals surface area (Å²) in [5.41, 5.74) is 0. The van der Waals surface area contributed by atoms with E-state index in [0.717, 1.165) is 31.4 Å². The number of nitrogens with one attached hydrogen (secondary N) is 1. The predicted octanol–water partition coefficient (Wildman–Crippen LogP) is 2.63. The summed E-state index contributed by atoms with van der Waals surface area (Å²) in [7, 11) is 0. The zero-order chi connectivity index (χ0) is 20.8. The van der Waals surface area contributed by atoms with Crippen LogP contribution in [0, 0.1) is 0 Å². The van der Waals surface area contributed by atoms with Crippen LogP contribution < -0.4 is 10.1 Å². The highest BCUT2D eigenvalue weighted by Gasteiger charge is 2.31. The lowest BCUT2D eigenvalue weighted by molar-refractivity contribution is -0.142. The summed E-state index contributed by atoms with van der Waals surface area (Å²) in [5.74, 6) is 1.43. The van der Waals surface area contributed by atoms with Gasteiger partial charge < -0.3 is 19.7 Å². The van der Waals surface area contributed by atoms with Crippen molar-refractivity contribution < 1.29 is 19.1 Å². The number of aromatic nitrogens is 2. The Morgan fingerprint density at radius 3 is 2.67 bits per heavy atom. The van der Waals surface area contributed by atoms with Crippen LogP contribution in [0.4, 0.5) is 5.82 Å². The van der Waals surface area contributed by atoms with E-state index in [1.807, 2.05) is 39.9 Å². The molecule has 8 heteroatoms. The first-order valence-corrected chi connectivity index (χ1v) is 10.6. The Morgan fingerprint density at radius 1 is 1.13 bits per heavy atom. The van der Waals surface area contributed by atoms with E-state index >= 15 is 0 Å². The molecule has 2 fully saturated rings. The van der Waals surface area contributed by atoms with Crippen LogP contribution in [0.3, 0.4) is 0 Å². The average Bonchev–Trinajstić information content (AvgIpc) is 3.47. The lowest BCUT2D eigenvalue weighted by Gasteiger charge is -2.33. The smallest absolute Gasteiger partial charge is 0.251 e. The van der Waals surface area contributed by atoms with Crippen molar-refractivity contribution in [3.05, 3.63) is 42.6 Å². The minimum absolute atomic E-state index is 0.110. The van der Waals surface area contributed by atoms with Gasteiger partial charge in [-0.05, 0) is 37.8 Å². The second kappa shape index (κ2) is 9.75. The fourth-order valence-corrected chi connectivity index (χ4v) is 3.99. The largest absolute Gasteiger partial charge is 0.493 e. The first-order valence-electron chi connectivity index (χ1n) is 10.6. The average molecular weight is 412 g/mol. The van der Waals surface area contributed by atoms with Gasteiger partial charge in [-0.15, -0.1) is 0 Å². The van der Waals surface area contributed by atoms with Crippen LogP contribution in [0.5, 0.6) is 5.75 Å². The Balaban J connectivity index is 1.25. The van der Waals surface area contributed by atoms with Crippen LogP contribution in [0.2, 0.25) is 0 Å². The molecule has 3 heterocycles. The highest BCUT2D eigenvalue weighted by molar-refractivity contribution is 5.89. The lowest BCUT2D eigenvalue weighted by Crippen LogP contribution is -2.44. The fraction of sp³-hybridized carbons (Fsp3) is 0.500. The van der Waals surface area contributed by atoms with Crippen molar-refractivity contribution in [3.8, 4) is 5.75 Å². The Labute approximate surface area is 176 Å². The van der Waals surface area contributed by atoms with E-state index < -0.39 is 0 Å². The number of hydrogen-bond acceptors (Lipinski definition) is 5. The number of benzene rings is 1. The van der Waals surface area contributed by atoms with Crippen molar-refractivity contribution in [1.82, 2.24) is 14.7 Å². The number of piperidine rings is 1. The molecule has 1 unspecified atom stereocenters. The standard InChI is InChI=1S/C22H28N4O4/c27-21(11-16-29-18-5-2-1-3-6-18)24-20-8-12-23-26(20)17-9-13-25(14-10-17)22(28)19-7-4-15-30-19/h1-3,5-6,8,12,17,19H,4,7,9-11,13-16H2,(H,24,27). The number of carbonyl (C=O) groups excluding carboxylic acids is 2. The fourth-order valence-electron chi connectivity index (χ4n) is 3.99. The molecule has 1 N–H and O–H groups in total. The lowest BCUT2D eigenvalue weighted by atomic mass is 10.0. The van der Waals surface area contributed by atoms with Crippen LogP contribution in [-0.4, -0.2) is 58.9 Å². The minimum Gasteiger partial charge on any atom is -0.493 e. The molecule has 0 radical (unpaired) electrons. The SMILES string of the molecule is O=C(CCOc1ccccc1)Nc1ccnn1C1CCN(C(=O)C2CCCO2)CC1. The normalized spacial score (nSPS) is 19.6. The number of anilines is 1. The van der Waals surface area contributed by atoms with Gasteiger partial charge in [-0.25, -0.2) is 4.68 Å². The van der Waals surface area contributed by atoms with Gasteiger partial charge in [0.15, 0.2) is 0 Å². The van der Waals surface area contributed by atoms with Gasteiger partial charge in [-0.3, -0.25) is 9.59 Å². The van der Waals surface area contributed by atoms with Crippen molar-refractivity contribution in [3.63, 3.8) is 0 Å². The zero-order valence-corrected chi connectivity index (χ0v) is 17.0. The molecule has 0 saturated carbocycles. The van der Waals surface area contributed by atoms with Crippen molar-refractivity contribution in [2.45, 2.75) is 44.2 Å². The Morgan fingerprint density at radius 2 is 1.93 bits per heavy atom. The van der Waals surface area contributed by atoms with E-state index in [4.69, 9.17) is 9.47 Å². The minimum atomic E-state index is -0.265. The summed E-state index contributed by atoms with van der Waals surface area (Å²) in [6.07, 6.45) is 5.08. The van der Waals surface area contributed by atoms with E-state index in [0.29, 0.717) is 32.1 Å². The highest BCUT2D eigenvalue weighted by Crippen LogP contribution is 2.27. The summed E-state index contributed by atoms with van der Waals surface area (Å²) in [6, 6.07) is 11.4. The summed E-state index contributed by atoms with van der Waals surface area (Å²) in [5, 5.41) is 7.34. The number of likely N-dealkylation sites (tertiary alicyclic amines) is 1. The van der Waals surface area contributed by atoms with Gasteiger partial charge in [0.1, 0.15) is 17.7 Å². The van der Waals surface area contributed by atoms with Crippen LogP contribution in [-0.2, 0) is 14.3 Å². The number of nitrogens with zero attached hydrogens (tertiary/aromatic N) is 3. The highest BCUT2D eigenvalue weighted by atomic mass is 16.5. The first kappa shape index (κ1) is 20.4. The van der Waals surface area contributed by atoms with Crippen molar-refractivity contribution >= 4 is 17.6 Å². The molecule has 1 atom stereocenters. The van der Waals surface area contributed by atoms with Crippen molar-refractivity contribution in [1.29, 1.82) is 0 Å². The maximum atomic E-state index is 12.5. The summed E-state index contributed by atoms with van der Waals surface area (Å²) < 4.78 is 13.0. The van der Waals surface area contributed by atoms with Crippen LogP contribution in [0.1, 0.15) is 38.1 Å². The van der Waals surface area contributed by atoms with Crippen molar-refractivity contribution in [2.24, 2.45) is 0 Å². The number of rotatable bonds is 7. The van der Waals surface area contributed by atoms with E-state index in [2.05, 4.69) is 10.4 Å². The predicted molar refractivity (Wildman–Crippen MR) is 111 cm³/mol. The summed E-state index contributed by atoms with van der Waals surface area (Å²) in [6.45, 7) is 2.36. The molecule has 2 aromatic rings. The van der Waals surface area contributed by atoms with Crippen molar-refractivity contribution in [2.75, 3.05) is 31.6 Å². The summed E-state index contributed by atoms with van der Waals surface area (Å²) >= 11 is 0. The Bertz CT molecular complexity index is 840. The van der Waals surface area contributed by atoms with Gasteiger partial charge in [0, 0.05) is 25.8 Å². The molecular weight excluding hydrogens is 384 g/mol. The Kier molecular flexibility index (Phi) is 6.63. The molecule has 0 spiro atoms. The number of carbonyl (C=O) groups is 2. The van der Waals surface area contributed by atoms with Gasteiger partial charge >= 0.3 is 0 Å². The zero-order valence-electron chi connectivity index (χ0n) is 17.0. The maximum Gasteiger partial charge on any atom is 0.251 e. The molecule has 2 aliphatic heterocycles. The monoisotopic (exact) mass is 412 g/mol. The number of ether oxygens (including phenoxy) is 2. The second-order valence-electron chi connectivity index (χ2n) is 7.68. The topological polar surface area (TPSA) is 85.7 Å². The quantitative estimate of drug-likeness (QED) is 0.756. The molecule has 2 amide bonds. The van der Waals surface area contributed by atoms with Gasteiger partial charge in [0.05, 0.1) is 25.3 Å². The number of para-hydroxylation sites is 1. The first-order chi connectivity index (χ1) is 14.7. The molecule has 2 aliphatic rings. The molecule has 1 aromatic carbocycles. The molecule has 2 saturated heterocycles. The van der Waals surface area contributed by atoms with E-state index in [-0.39, 0.29) is 30.4 Å². The second-order valence-corrected chi connectivity index (χ2v) is 7.68. The van der Waals surface area contributed by atoms with Gasteiger partial charge in [-0.1, -0.05) is 18.2 Å². The molecule has 1 aromatic heterocycles. The third kappa shape index (κ3) is 4.99. The van der Waals surface area contributed by atoms with Gasteiger partial charge in [0.2, 0.25) is 5.91 Å². The van der Waals surface area contributed by atoms with E-state index in [1.54, 1.807) is 12.3 Å². The number of hydrogen-bond donors (Lipinski definition) is 1.